The van der Waals surface area contributed by atoms with Crippen molar-refractivity contribution in [3.8, 4) is 34.0 Å². The van der Waals surface area contributed by atoms with Gasteiger partial charge in [-0.05, 0) is 85.8 Å². The standard InChI is InChI=1S/C47H31NO3/c1-30-17-19-32(20-18-30)42-29-40-41(49-42)26-25-37-45(40)47-39(28-43(51-47)31-11-5-2-6-12-31)38-27-44(50-46(37)38)33-21-23-36(24-22-33)48(34-13-7-3-8-14-34)35-15-9-4-10-16-35/h2-29H,1H3. The van der Waals surface area contributed by atoms with Crippen molar-refractivity contribution in [1.82, 2.24) is 0 Å². The highest BCUT2D eigenvalue weighted by molar-refractivity contribution is 6.29. The lowest BCUT2D eigenvalue weighted by atomic mass is 10.00. The highest BCUT2D eigenvalue weighted by Crippen LogP contribution is 2.46. The van der Waals surface area contributed by atoms with Gasteiger partial charge in [0.15, 0.2) is 0 Å². The maximum absolute atomic E-state index is 6.83. The molecule has 10 aromatic rings. The molecule has 0 fully saturated rings. The van der Waals surface area contributed by atoms with Crippen LogP contribution in [0.15, 0.2) is 183 Å². The maximum atomic E-state index is 6.83. The number of furan rings is 3. The number of nitrogens with zero attached hydrogens (tertiary/aromatic N) is 1. The largest absolute Gasteiger partial charge is 0.456 e. The van der Waals surface area contributed by atoms with Gasteiger partial charge in [-0.25, -0.2) is 0 Å². The number of para-hydroxylation sites is 2. The topological polar surface area (TPSA) is 42.7 Å². The van der Waals surface area contributed by atoms with Gasteiger partial charge in [0.25, 0.3) is 0 Å². The van der Waals surface area contributed by atoms with Gasteiger partial charge in [-0.15, -0.1) is 0 Å². The maximum Gasteiger partial charge on any atom is 0.144 e. The van der Waals surface area contributed by atoms with E-state index in [1.807, 2.05) is 36.4 Å². The van der Waals surface area contributed by atoms with E-state index in [1.165, 1.54) is 5.56 Å². The first kappa shape index (κ1) is 29.2. The first-order valence-electron chi connectivity index (χ1n) is 17.2. The summed E-state index contributed by atoms with van der Waals surface area (Å²) in [6.45, 7) is 2.09. The molecule has 51 heavy (non-hydrogen) atoms. The molecule has 3 heterocycles. The van der Waals surface area contributed by atoms with Gasteiger partial charge in [0.2, 0.25) is 0 Å². The van der Waals surface area contributed by atoms with Crippen LogP contribution in [0.4, 0.5) is 17.1 Å². The van der Waals surface area contributed by atoms with Crippen LogP contribution in [0.1, 0.15) is 5.56 Å². The van der Waals surface area contributed by atoms with Crippen molar-refractivity contribution in [3.63, 3.8) is 0 Å². The molecule has 7 aromatic carbocycles. The third-order valence-electron chi connectivity index (χ3n) is 9.76. The van der Waals surface area contributed by atoms with Crippen LogP contribution in [-0.2, 0) is 0 Å². The minimum Gasteiger partial charge on any atom is -0.456 e. The Labute approximate surface area is 294 Å². The fourth-order valence-corrected chi connectivity index (χ4v) is 7.24. The Morgan fingerprint density at radius 3 is 1.47 bits per heavy atom. The molecule has 4 heteroatoms. The lowest BCUT2D eigenvalue weighted by Gasteiger charge is -2.25. The van der Waals surface area contributed by atoms with E-state index in [9.17, 15) is 0 Å². The zero-order valence-electron chi connectivity index (χ0n) is 27.8. The highest BCUT2D eigenvalue weighted by Gasteiger charge is 2.22. The minimum absolute atomic E-state index is 0.798. The summed E-state index contributed by atoms with van der Waals surface area (Å²) in [7, 11) is 0. The Kier molecular flexibility index (Phi) is 6.68. The van der Waals surface area contributed by atoms with Crippen molar-refractivity contribution in [2.24, 2.45) is 0 Å². The Bertz CT molecular complexity index is 2790. The third-order valence-corrected chi connectivity index (χ3v) is 9.76. The predicted molar refractivity (Wildman–Crippen MR) is 209 cm³/mol. The number of hydrogen-bond acceptors (Lipinski definition) is 4. The van der Waals surface area contributed by atoms with Crippen LogP contribution < -0.4 is 4.90 Å². The summed E-state index contributed by atoms with van der Waals surface area (Å²) >= 11 is 0. The van der Waals surface area contributed by atoms with Crippen molar-refractivity contribution in [2.45, 2.75) is 6.92 Å². The normalized spacial score (nSPS) is 11.6. The minimum atomic E-state index is 0.798. The summed E-state index contributed by atoms with van der Waals surface area (Å²) in [5, 5.41) is 4.98. The van der Waals surface area contributed by atoms with Gasteiger partial charge in [-0.1, -0.05) is 96.6 Å². The van der Waals surface area contributed by atoms with Crippen LogP contribution in [0.2, 0.25) is 0 Å². The number of hydrogen-bond donors (Lipinski definition) is 0. The van der Waals surface area contributed by atoms with E-state index >= 15 is 0 Å². The lowest BCUT2D eigenvalue weighted by Crippen LogP contribution is -2.09. The number of rotatable bonds is 6. The molecule has 10 rings (SSSR count). The van der Waals surface area contributed by atoms with Gasteiger partial charge in [0.1, 0.15) is 34.0 Å². The van der Waals surface area contributed by atoms with Crippen LogP contribution in [0, 0.1) is 6.92 Å². The van der Waals surface area contributed by atoms with Gasteiger partial charge < -0.3 is 18.2 Å². The molecule has 0 aliphatic heterocycles. The Hall–Kier alpha value is -6.78. The molecule has 4 nitrogen and oxygen atoms in total. The Morgan fingerprint density at radius 2 is 0.843 bits per heavy atom. The van der Waals surface area contributed by atoms with Crippen molar-refractivity contribution in [2.75, 3.05) is 4.90 Å². The summed E-state index contributed by atoms with van der Waals surface area (Å²) in [6.07, 6.45) is 0. The molecule has 0 aliphatic carbocycles. The van der Waals surface area contributed by atoms with Crippen molar-refractivity contribution in [1.29, 1.82) is 0 Å². The van der Waals surface area contributed by atoms with Crippen LogP contribution in [0.25, 0.3) is 77.7 Å². The Balaban J connectivity index is 1.16. The number of fused-ring (bicyclic) bond motifs is 8. The second-order valence-corrected chi connectivity index (χ2v) is 13.0. The SMILES string of the molecule is Cc1ccc(-c2cc3c(ccc4c5oc(-c6ccc(N(c7ccccc7)c7ccccc7)cc6)cc5c5cc(-c6ccccc6)oc5c34)o2)cc1. The molecule has 0 aliphatic rings. The smallest absolute Gasteiger partial charge is 0.144 e. The molecular formula is C47H31NO3. The molecule has 3 aromatic heterocycles. The zero-order chi connectivity index (χ0) is 33.9. The van der Waals surface area contributed by atoms with E-state index in [0.29, 0.717) is 0 Å². The quantitative estimate of drug-likeness (QED) is 0.178. The summed E-state index contributed by atoms with van der Waals surface area (Å²) in [4.78, 5) is 2.26. The average molecular weight is 658 g/mol. The third kappa shape index (κ3) is 4.92. The van der Waals surface area contributed by atoms with E-state index in [1.54, 1.807) is 0 Å². The predicted octanol–water partition coefficient (Wildman–Crippen LogP) is 13.9. The van der Waals surface area contributed by atoms with Crippen molar-refractivity contribution >= 4 is 60.7 Å². The number of benzene rings is 7. The van der Waals surface area contributed by atoms with Crippen molar-refractivity contribution in [3.05, 3.63) is 175 Å². The second kappa shape index (κ2) is 11.7. The van der Waals surface area contributed by atoms with Gasteiger partial charge in [-0.2, -0.15) is 0 Å². The van der Waals surface area contributed by atoms with Crippen LogP contribution in [-0.4, -0.2) is 0 Å². The van der Waals surface area contributed by atoms with Gasteiger partial charge >= 0.3 is 0 Å². The van der Waals surface area contributed by atoms with E-state index in [4.69, 9.17) is 13.3 Å². The van der Waals surface area contributed by atoms with Crippen LogP contribution >= 0.6 is 0 Å². The average Bonchev–Trinajstić information content (AvgIpc) is 3.94. The molecule has 0 N–H and O–H groups in total. The first-order valence-corrected chi connectivity index (χ1v) is 17.2. The highest BCUT2D eigenvalue weighted by atomic mass is 16.3. The second-order valence-electron chi connectivity index (χ2n) is 13.0. The van der Waals surface area contributed by atoms with Crippen LogP contribution in [0.3, 0.4) is 0 Å². The van der Waals surface area contributed by atoms with Gasteiger partial charge in [0.05, 0.1) is 0 Å². The molecule has 0 saturated heterocycles. The molecule has 0 radical (unpaired) electrons. The summed E-state index contributed by atoms with van der Waals surface area (Å²) in [6, 6.07) is 58.7. The molecule has 242 valence electrons. The summed E-state index contributed by atoms with van der Waals surface area (Å²) in [5.41, 5.74) is 9.97. The number of aryl methyl sites for hydroxylation is 1. The van der Waals surface area contributed by atoms with E-state index in [2.05, 4.69) is 145 Å². The zero-order valence-corrected chi connectivity index (χ0v) is 27.8. The molecule has 0 spiro atoms. The van der Waals surface area contributed by atoms with Gasteiger partial charge in [0, 0.05) is 60.7 Å². The lowest BCUT2D eigenvalue weighted by molar-refractivity contribution is 0.629. The fourth-order valence-electron chi connectivity index (χ4n) is 7.24. The Morgan fingerprint density at radius 1 is 0.373 bits per heavy atom. The molecule has 0 unspecified atom stereocenters. The fraction of sp³-hybridized carbons (Fsp3) is 0.0213. The molecular weight excluding hydrogens is 627 g/mol. The number of anilines is 3. The first-order chi connectivity index (χ1) is 25.2. The summed E-state index contributed by atoms with van der Waals surface area (Å²) in [5.74, 6) is 2.43. The molecule has 0 amide bonds. The molecule has 0 saturated carbocycles. The van der Waals surface area contributed by atoms with E-state index < -0.39 is 0 Å². The van der Waals surface area contributed by atoms with Crippen LogP contribution in [0.5, 0.6) is 0 Å². The monoisotopic (exact) mass is 657 g/mol. The summed E-state index contributed by atoms with van der Waals surface area (Å²) < 4.78 is 20.0. The van der Waals surface area contributed by atoms with E-state index in [0.717, 1.165) is 94.7 Å². The van der Waals surface area contributed by atoms with E-state index in [-0.39, 0.29) is 0 Å². The molecule has 0 atom stereocenters. The molecule has 0 bridgehead atoms. The van der Waals surface area contributed by atoms with Gasteiger partial charge in [-0.3, -0.25) is 0 Å². The van der Waals surface area contributed by atoms with Crippen molar-refractivity contribution < 1.29 is 13.3 Å².